The van der Waals surface area contributed by atoms with E-state index >= 15 is 0 Å². The number of pyridine rings is 1. The van der Waals surface area contributed by atoms with Crippen LogP contribution in [0.15, 0.2) is 48.8 Å². The molecular formula is C17H18FN3O. The van der Waals surface area contributed by atoms with Crippen molar-refractivity contribution in [3.63, 3.8) is 0 Å². The van der Waals surface area contributed by atoms with Gasteiger partial charge >= 0.3 is 0 Å². The first kappa shape index (κ1) is 14.7. The summed E-state index contributed by atoms with van der Waals surface area (Å²) in [6, 6.07) is 10.1. The molecule has 1 unspecified atom stereocenters. The van der Waals surface area contributed by atoms with E-state index in [1.165, 1.54) is 6.07 Å². The number of amides is 1. The van der Waals surface area contributed by atoms with E-state index in [0.29, 0.717) is 30.8 Å². The summed E-state index contributed by atoms with van der Waals surface area (Å²) >= 11 is 0. The van der Waals surface area contributed by atoms with Crippen LogP contribution in [0.3, 0.4) is 0 Å². The molecule has 3 rings (SSSR count). The number of halogens is 1. The van der Waals surface area contributed by atoms with E-state index in [1.54, 1.807) is 41.6 Å². The lowest BCUT2D eigenvalue weighted by Crippen LogP contribution is -2.49. The molecule has 0 spiro atoms. The maximum absolute atomic E-state index is 14.1. The average Bonchev–Trinajstić information content (AvgIpc) is 2.56. The number of nitrogens with zero attached hydrogens (tertiary/aromatic N) is 3. The number of rotatable bonds is 2. The molecule has 1 amide bonds. The Labute approximate surface area is 129 Å². The second-order valence-corrected chi connectivity index (χ2v) is 5.51. The van der Waals surface area contributed by atoms with Crippen molar-refractivity contribution in [3.8, 4) is 0 Å². The lowest BCUT2D eigenvalue weighted by atomic mass is 10.0. The highest BCUT2D eigenvalue weighted by molar-refractivity contribution is 5.94. The van der Waals surface area contributed by atoms with Crippen LogP contribution >= 0.6 is 0 Å². The zero-order valence-electron chi connectivity index (χ0n) is 12.4. The fourth-order valence-corrected chi connectivity index (χ4v) is 2.81. The number of hydrogen-bond donors (Lipinski definition) is 0. The van der Waals surface area contributed by atoms with Crippen LogP contribution in [0.4, 0.5) is 4.39 Å². The van der Waals surface area contributed by atoms with Crippen LogP contribution in [0, 0.1) is 5.82 Å². The Hall–Kier alpha value is -2.27. The molecule has 4 nitrogen and oxygen atoms in total. The first-order chi connectivity index (χ1) is 10.7. The summed E-state index contributed by atoms with van der Waals surface area (Å²) in [5.41, 5.74) is 1.20. The SMILES string of the molecule is CN1CCN(C(=O)c2cccnc2)CC1c1ccccc1F. The summed E-state index contributed by atoms with van der Waals surface area (Å²) in [5, 5.41) is 0. The van der Waals surface area contributed by atoms with E-state index in [0.717, 1.165) is 0 Å². The first-order valence-electron chi connectivity index (χ1n) is 7.31. The molecule has 2 aromatic rings. The van der Waals surface area contributed by atoms with Gasteiger partial charge in [0.25, 0.3) is 5.91 Å². The van der Waals surface area contributed by atoms with Gasteiger partial charge in [-0.05, 0) is 25.2 Å². The van der Waals surface area contributed by atoms with Gasteiger partial charge in [-0.1, -0.05) is 18.2 Å². The molecule has 22 heavy (non-hydrogen) atoms. The molecule has 1 saturated heterocycles. The summed E-state index contributed by atoms with van der Waals surface area (Å²) < 4.78 is 14.1. The van der Waals surface area contributed by atoms with Gasteiger partial charge in [0, 0.05) is 37.6 Å². The van der Waals surface area contributed by atoms with Crippen LogP contribution < -0.4 is 0 Å². The van der Waals surface area contributed by atoms with Crippen LogP contribution in [0.25, 0.3) is 0 Å². The van der Waals surface area contributed by atoms with Gasteiger partial charge in [0.1, 0.15) is 5.82 Å². The maximum Gasteiger partial charge on any atom is 0.255 e. The zero-order valence-corrected chi connectivity index (χ0v) is 12.4. The Morgan fingerprint density at radius 1 is 1.23 bits per heavy atom. The lowest BCUT2D eigenvalue weighted by molar-refractivity contribution is 0.0540. The molecule has 0 saturated carbocycles. The Morgan fingerprint density at radius 2 is 2.05 bits per heavy atom. The second-order valence-electron chi connectivity index (χ2n) is 5.51. The van der Waals surface area contributed by atoms with Gasteiger partial charge in [0.05, 0.1) is 11.6 Å². The Kier molecular flexibility index (Phi) is 4.15. The highest BCUT2D eigenvalue weighted by Gasteiger charge is 2.30. The average molecular weight is 299 g/mol. The number of aromatic nitrogens is 1. The number of hydrogen-bond acceptors (Lipinski definition) is 3. The van der Waals surface area contributed by atoms with Crippen molar-refractivity contribution >= 4 is 5.91 Å². The van der Waals surface area contributed by atoms with E-state index in [9.17, 15) is 9.18 Å². The van der Waals surface area contributed by atoms with E-state index in [-0.39, 0.29) is 17.8 Å². The monoisotopic (exact) mass is 299 g/mol. The number of carbonyl (C=O) groups excluding carboxylic acids is 1. The predicted octanol–water partition coefficient (Wildman–Crippen LogP) is 2.35. The third kappa shape index (κ3) is 2.85. The molecular weight excluding hydrogens is 281 g/mol. The quantitative estimate of drug-likeness (QED) is 0.854. The van der Waals surface area contributed by atoms with Gasteiger partial charge in [-0.3, -0.25) is 14.7 Å². The number of carbonyl (C=O) groups is 1. The molecule has 114 valence electrons. The van der Waals surface area contributed by atoms with Crippen molar-refractivity contribution in [2.45, 2.75) is 6.04 Å². The van der Waals surface area contributed by atoms with Crippen molar-refractivity contribution in [3.05, 3.63) is 65.7 Å². The standard InChI is InChI=1S/C17H18FN3O/c1-20-9-10-21(17(22)13-5-4-8-19-11-13)12-16(20)14-6-2-3-7-15(14)18/h2-8,11,16H,9-10,12H2,1H3. The molecule has 1 atom stereocenters. The van der Waals surface area contributed by atoms with E-state index < -0.39 is 0 Å². The fraction of sp³-hybridized carbons (Fsp3) is 0.294. The van der Waals surface area contributed by atoms with E-state index in [4.69, 9.17) is 0 Å². The molecule has 1 aromatic carbocycles. The van der Waals surface area contributed by atoms with Gasteiger partial charge in [-0.2, -0.15) is 0 Å². The van der Waals surface area contributed by atoms with Crippen LogP contribution in [-0.2, 0) is 0 Å². The first-order valence-corrected chi connectivity index (χ1v) is 7.31. The van der Waals surface area contributed by atoms with Crippen molar-refractivity contribution < 1.29 is 9.18 Å². The summed E-state index contributed by atoms with van der Waals surface area (Å²) in [6.07, 6.45) is 3.21. The number of benzene rings is 1. The summed E-state index contributed by atoms with van der Waals surface area (Å²) in [6.45, 7) is 1.82. The van der Waals surface area contributed by atoms with Gasteiger partial charge in [0.15, 0.2) is 0 Å². The third-order valence-corrected chi connectivity index (χ3v) is 4.11. The predicted molar refractivity (Wildman–Crippen MR) is 81.9 cm³/mol. The lowest BCUT2D eigenvalue weighted by Gasteiger charge is -2.39. The van der Waals surface area contributed by atoms with Gasteiger partial charge in [-0.25, -0.2) is 4.39 Å². The normalized spacial score (nSPS) is 19.2. The topological polar surface area (TPSA) is 36.4 Å². The van der Waals surface area contributed by atoms with Crippen molar-refractivity contribution in [1.82, 2.24) is 14.8 Å². The molecule has 2 heterocycles. The van der Waals surface area contributed by atoms with Crippen LogP contribution in [0.2, 0.25) is 0 Å². The third-order valence-electron chi connectivity index (χ3n) is 4.11. The van der Waals surface area contributed by atoms with Crippen LogP contribution in [0.1, 0.15) is 22.0 Å². The molecule has 1 fully saturated rings. The largest absolute Gasteiger partial charge is 0.335 e. The highest BCUT2D eigenvalue weighted by Crippen LogP contribution is 2.26. The summed E-state index contributed by atoms with van der Waals surface area (Å²) in [7, 11) is 1.96. The molecule has 0 N–H and O–H groups in total. The highest BCUT2D eigenvalue weighted by atomic mass is 19.1. The molecule has 0 radical (unpaired) electrons. The van der Waals surface area contributed by atoms with Crippen molar-refractivity contribution in [2.24, 2.45) is 0 Å². The van der Waals surface area contributed by atoms with Gasteiger partial charge < -0.3 is 4.90 Å². The molecule has 1 aromatic heterocycles. The van der Waals surface area contributed by atoms with Gasteiger partial charge in [0.2, 0.25) is 0 Å². The Balaban J connectivity index is 1.82. The van der Waals surface area contributed by atoms with E-state index in [2.05, 4.69) is 9.88 Å². The van der Waals surface area contributed by atoms with Crippen LogP contribution in [-0.4, -0.2) is 47.4 Å². The Bertz CT molecular complexity index is 662. The molecule has 0 aliphatic carbocycles. The smallest absolute Gasteiger partial charge is 0.255 e. The number of piperazine rings is 1. The van der Waals surface area contributed by atoms with Crippen molar-refractivity contribution in [2.75, 3.05) is 26.7 Å². The maximum atomic E-state index is 14.1. The Morgan fingerprint density at radius 3 is 2.77 bits per heavy atom. The van der Waals surface area contributed by atoms with Crippen LogP contribution in [0.5, 0.6) is 0 Å². The number of likely N-dealkylation sites (N-methyl/N-ethyl adjacent to an activating group) is 1. The van der Waals surface area contributed by atoms with E-state index in [1.807, 2.05) is 13.1 Å². The fourth-order valence-electron chi connectivity index (χ4n) is 2.81. The summed E-state index contributed by atoms with van der Waals surface area (Å²) in [4.78, 5) is 20.4. The zero-order chi connectivity index (χ0) is 15.5. The molecule has 5 heteroatoms. The van der Waals surface area contributed by atoms with Crippen molar-refractivity contribution in [1.29, 1.82) is 0 Å². The molecule has 0 bridgehead atoms. The molecule has 1 aliphatic rings. The summed E-state index contributed by atoms with van der Waals surface area (Å²) in [5.74, 6) is -0.280. The van der Waals surface area contributed by atoms with Gasteiger partial charge in [-0.15, -0.1) is 0 Å². The minimum atomic E-state index is -0.227. The minimum Gasteiger partial charge on any atom is -0.335 e. The minimum absolute atomic E-state index is 0.0532. The molecule has 1 aliphatic heterocycles. The second kappa shape index (κ2) is 6.23.